The van der Waals surface area contributed by atoms with Gasteiger partial charge >= 0.3 is 17.9 Å². The Hall–Kier alpha value is -1.59. The number of hydrogen-bond acceptors (Lipinski definition) is 6. The summed E-state index contributed by atoms with van der Waals surface area (Å²) in [5.74, 6) is 0.00123. The van der Waals surface area contributed by atoms with Crippen molar-refractivity contribution in [2.24, 2.45) is 5.92 Å². The predicted molar refractivity (Wildman–Crippen MR) is 284 cm³/mol. The molecule has 0 bridgehead atoms. The quantitative estimate of drug-likeness (QED) is 0.0343. The molecule has 0 rings (SSSR count). The highest BCUT2D eigenvalue weighted by Gasteiger charge is 2.19. The Bertz CT molecular complexity index is 996. The highest BCUT2D eigenvalue weighted by Crippen LogP contribution is 2.18. The minimum absolute atomic E-state index is 0.0616. The summed E-state index contributed by atoms with van der Waals surface area (Å²) in [6, 6.07) is 0. The van der Waals surface area contributed by atoms with E-state index in [4.69, 9.17) is 14.2 Å². The molecule has 0 aliphatic rings. The lowest BCUT2D eigenvalue weighted by Crippen LogP contribution is -2.30. The van der Waals surface area contributed by atoms with Crippen molar-refractivity contribution in [3.63, 3.8) is 0 Å². The normalized spacial score (nSPS) is 12.0. The Morgan fingerprint density at radius 2 is 0.500 bits per heavy atom. The maximum Gasteiger partial charge on any atom is 0.306 e. The van der Waals surface area contributed by atoms with Gasteiger partial charge < -0.3 is 14.2 Å². The molecule has 0 amide bonds. The van der Waals surface area contributed by atoms with E-state index in [-0.39, 0.29) is 31.1 Å². The minimum atomic E-state index is -0.762. The van der Waals surface area contributed by atoms with E-state index in [0.29, 0.717) is 19.3 Å². The molecule has 0 aromatic rings. The SMILES string of the molecule is CCCCCCCCCCCCCCCCCCCC(=O)OC[C@@H](COC(=O)CCCCCCCCCCCCCCC(C)C)OC(=O)CCCCCCCCCCCCCCCCCC. The van der Waals surface area contributed by atoms with Gasteiger partial charge in [0.25, 0.3) is 0 Å². The van der Waals surface area contributed by atoms with Crippen molar-refractivity contribution in [3.05, 3.63) is 0 Å². The summed E-state index contributed by atoms with van der Waals surface area (Å²) >= 11 is 0. The van der Waals surface area contributed by atoms with Gasteiger partial charge in [0.05, 0.1) is 0 Å². The van der Waals surface area contributed by atoms with Crippen molar-refractivity contribution in [1.82, 2.24) is 0 Å². The summed E-state index contributed by atoms with van der Waals surface area (Å²) in [6.45, 7) is 9.07. The smallest absolute Gasteiger partial charge is 0.306 e. The van der Waals surface area contributed by atoms with Crippen molar-refractivity contribution in [3.8, 4) is 0 Å². The molecule has 0 radical (unpaired) electrons. The molecule has 0 aromatic heterocycles. The first kappa shape index (κ1) is 64.4. The lowest BCUT2D eigenvalue weighted by atomic mass is 10.0. The zero-order valence-corrected chi connectivity index (χ0v) is 45.2. The molecule has 0 N–H and O–H groups in total. The van der Waals surface area contributed by atoms with Crippen LogP contribution in [-0.2, 0) is 28.6 Å². The zero-order chi connectivity index (χ0) is 48.1. The molecular weight excluding hydrogens is 817 g/mol. The first-order chi connectivity index (χ1) is 32.4. The Morgan fingerprint density at radius 3 is 0.742 bits per heavy atom. The molecule has 66 heavy (non-hydrogen) atoms. The maximum atomic E-state index is 12.9. The number of hydrogen-bond donors (Lipinski definition) is 0. The van der Waals surface area contributed by atoms with Gasteiger partial charge in [-0.2, -0.15) is 0 Å². The molecule has 0 fully saturated rings. The number of esters is 3. The molecule has 0 aliphatic heterocycles. The van der Waals surface area contributed by atoms with E-state index in [1.807, 2.05) is 0 Å². The van der Waals surface area contributed by atoms with Gasteiger partial charge in [0.15, 0.2) is 6.10 Å². The summed E-state index contributed by atoms with van der Waals surface area (Å²) in [5, 5.41) is 0. The monoisotopic (exact) mass is 933 g/mol. The zero-order valence-electron chi connectivity index (χ0n) is 45.2. The second kappa shape index (κ2) is 54.4. The third-order valence-electron chi connectivity index (χ3n) is 13.8. The Kier molecular flexibility index (Phi) is 53.0. The second-order valence-corrected chi connectivity index (χ2v) is 21.1. The van der Waals surface area contributed by atoms with E-state index in [0.717, 1.165) is 63.7 Å². The minimum Gasteiger partial charge on any atom is -0.462 e. The van der Waals surface area contributed by atoms with Gasteiger partial charge in [0, 0.05) is 19.3 Å². The van der Waals surface area contributed by atoms with Gasteiger partial charge in [-0.3, -0.25) is 14.4 Å². The van der Waals surface area contributed by atoms with Crippen LogP contribution in [0.2, 0.25) is 0 Å². The van der Waals surface area contributed by atoms with Crippen molar-refractivity contribution in [1.29, 1.82) is 0 Å². The topological polar surface area (TPSA) is 78.9 Å². The second-order valence-electron chi connectivity index (χ2n) is 21.1. The van der Waals surface area contributed by atoms with Crippen LogP contribution in [0.4, 0.5) is 0 Å². The Balaban J connectivity index is 4.29. The van der Waals surface area contributed by atoms with E-state index < -0.39 is 6.10 Å². The van der Waals surface area contributed by atoms with Crippen LogP contribution in [0.1, 0.15) is 342 Å². The van der Waals surface area contributed by atoms with Crippen LogP contribution in [0.5, 0.6) is 0 Å². The number of carbonyl (C=O) groups is 3. The summed E-state index contributed by atoms with van der Waals surface area (Å²) < 4.78 is 16.9. The van der Waals surface area contributed by atoms with Crippen LogP contribution in [0.3, 0.4) is 0 Å². The highest BCUT2D eigenvalue weighted by atomic mass is 16.6. The average Bonchev–Trinajstić information content (AvgIpc) is 3.30. The van der Waals surface area contributed by atoms with E-state index in [9.17, 15) is 14.4 Å². The fraction of sp³-hybridized carbons (Fsp3) is 0.950. The van der Waals surface area contributed by atoms with Gasteiger partial charge in [-0.25, -0.2) is 0 Å². The summed E-state index contributed by atoms with van der Waals surface area (Å²) in [5.41, 5.74) is 0. The molecule has 6 nitrogen and oxygen atoms in total. The lowest BCUT2D eigenvalue weighted by molar-refractivity contribution is -0.167. The van der Waals surface area contributed by atoms with Crippen molar-refractivity contribution >= 4 is 17.9 Å². The summed E-state index contributed by atoms with van der Waals surface area (Å²) in [7, 11) is 0. The van der Waals surface area contributed by atoms with Gasteiger partial charge in [0.2, 0.25) is 0 Å². The molecule has 0 spiro atoms. The molecule has 1 atom stereocenters. The molecule has 0 aliphatic carbocycles. The van der Waals surface area contributed by atoms with Crippen molar-refractivity contribution in [2.45, 2.75) is 348 Å². The highest BCUT2D eigenvalue weighted by molar-refractivity contribution is 5.71. The van der Waals surface area contributed by atoms with Gasteiger partial charge in [-0.1, -0.05) is 304 Å². The van der Waals surface area contributed by atoms with Crippen LogP contribution in [0.15, 0.2) is 0 Å². The number of unbranched alkanes of at least 4 members (excludes halogenated alkanes) is 42. The molecule has 0 aromatic carbocycles. The predicted octanol–water partition coefficient (Wildman–Crippen LogP) is 19.8. The van der Waals surface area contributed by atoms with Crippen molar-refractivity contribution in [2.75, 3.05) is 13.2 Å². The summed E-state index contributed by atoms with van der Waals surface area (Å²) in [6.07, 6.45) is 59.5. The number of carbonyl (C=O) groups excluding carboxylic acids is 3. The maximum absolute atomic E-state index is 12.9. The van der Waals surface area contributed by atoms with Crippen LogP contribution in [0, 0.1) is 5.92 Å². The third kappa shape index (κ3) is 53.4. The largest absolute Gasteiger partial charge is 0.462 e. The molecule has 392 valence electrons. The van der Waals surface area contributed by atoms with E-state index in [1.165, 1.54) is 238 Å². The standard InChI is InChI=1S/C60H116O6/c1-5-7-9-11-13-15-17-19-21-23-25-26-31-35-39-43-47-51-58(61)64-54-57(55-65-59(62)52-48-44-40-36-32-29-28-30-34-38-42-46-50-56(3)4)66-60(63)53-49-45-41-37-33-27-24-22-20-18-16-14-12-10-8-6-2/h56-57H,5-55H2,1-4H3/t57-/m0/s1. The van der Waals surface area contributed by atoms with Crippen molar-refractivity contribution < 1.29 is 28.6 Å². The molecule has 0 saturated carbocycles. The van der Waals surface area contributed by atoms with Crippen LogP contribution in [0.25, 0.3) is 0 Å². The Morgan fingerprint density at radius 1 is 0.288 bits per heavy atom. The summed E-state index contributed by atoms with van der Waals surface area (Å²) in [4.78, 5) is 38.2. The molecule has 6 heteroatoms. The molecule has 0 unspecified atom stereocenters. The number of rotatable bonds is 55. The van der Waals surface area contributed by atoms with Crippen LogP contribution < -0.4 is 0 Å². The van der Waals surface area contributed by atoms with Gasteiger partial charge in [0.1, 0.15) is 13.2 Å². The first-order valence-corrected chi connectivity index (χ1v) is 29.9. The fourth-order valence-corrected chi connectivity index (χ4v) is 9.28. The van der Waals surface area contributed by atoms with E-state index in [1.54, 1.807) is 0 Å². The molecule has 0 heterocycles. The van der Waals surface area contributed by atoms with E-state index >= 15 is 0 Å². The van der Waals surface area contributed by atoms with Crippen LogP contribution in [-0.4, -0.2) is 37.2 Å². The fourth-order valence-electron chi connectivity index (χ4n) is 9.28. The van der Waals surface area contributed by atoms with Gasteiger partial charge in [-0.05, 0) is 25.2 Å². The van der Waals surface area contributed by atoms with Crippen LogP contribution >= 0.6 is 0 Å². The molecular formula is C60H116O6. The Labute approximate surface area is 412 Å². The average molecular weight is 934 g/mol. The van der Waals surface area contributed by atoms with Gasteiger partial charge in [-0.15, -0.1) is 0 Å². The molecule has 0 saturated heterocycles. The lowest BCUT2D eigenvalue weighted by Gasteiger charge is -2.18. The third-order valence-corrected chi connectivity index (χ3v) is 13.8. The number of ether oxygens (including phenoxy) is 3. The van der Waals surface area contributed by atoms with E-state index in [2.05, 4.69) is 27.7 Å². The first-order valence-electron chi connectivity index (χ1n) is 29.9.